The van der Waals surface area contributed by atoms with Crippen molar-refractivity contribution in [3.8, 4) is 0 Å². The molecule has 0 bridgehead atoms. The lowest BCUT2D eigenvalue weighted by molar-refractivity contribution is -0.125. The van der Waals surface area contributed by atoms with Crippen LogP contribution >= 0.6 is 0 Å². The van der Waals surface area contributed by atoms with Gasteiger partial charge in [0, 0.05) is 31.9 Å². The van der Waals surface area contributed by atoms with E-state index < -0.39 is 0 Å². The first kappa shape index (κ1) is 13.4. The lowest BCUT2D eigenvalue weighted by Crippen LogP contribution is -2.46. The molecule has 2 N–H and O–H groups in total. The van der Waals surface area contributed by atoms with Crippen LogP contribution in [0.25, 0.3) is 0 Å². The molecule has 5 nitrogen and oxygen atoms in total. The number of carbonyl (C=O) groups is 1. The molecule has 108 valence electrons. The summed E-state index contributed by atoms with van der Waals surface area (Å²) in [6.45, 7) is 3.73. The maximum Gasteiger partial charge on any atom is 0.224 e. The lowest BCUT2D eigenvalue weighted by atomic mass is 10.0. The van der Waals surface area contributed by atoms with E-state index in [0.717, 1.165) is 51.3 Å². The van der Waals surface area contributed by atoms with Crippen molar-refractivity contribution < 1.29 is 4.79 Å². The van der Waals surface area contributed by atoms with Gasteiger partial charge in [-0.1, -0.05) is 6.07 Å². The van der Waals surface area contributed by atoms with Gasteiger partial charge >= 0.3 is 0 Å². The first-order valence-electron chi connectivity index (χ1n) is 7.50. The molecule has 1 aromatic heterocycles. The van der Waals surface area contributed by atoms with E-state index in [1.54, 1.807) is 0 Å². The van der Waals surface area contributed by atoms with Crippen LogP contribution in [0, 0.1) is 5.92 Å². The predicted octanol–water partition coefficient (Wildman–Crippen LogP) is 0.776. The molecule has 1 atom stereocenters. The van der Waals surface area contributed by atoms with Gasteiger partial charge in [0.25, 0.3) is 0 Å². The Morgan fingerprint density at radius 2 is 2.15 bits per heavy atom. The van der Waals surface area contributed by atoms with E-state index in [-0.39, 0.29) is 11.8 Å². The Morgan fingerprint density at radius 3 is 2.80 bits per heavy atom. The predicted molar refractivity (Wildman–Crippen MR) is 78.6 cm³/mol. The summed E-state index contributed by atoms with van der Waals surface area (Å²) in [7, 11) is 0. The quantitative estimate of drug-likeness (QED) is 0.855. The standard InChI is InChI=1S/C15H22N4O/c20-15(12-4-8-16-11-12)18-13-5-9-19(10-6-13)14-3-1-2-7-17-14/h1-3,7,12-13,16H,4-6,8-11H2,(H,18,20). The summed E-state index contributed by atoms with van der Waals surface area (Å²) < 4.78 is 0. The zero-order chi connectivity index (χ0) is 13.8. The molecule has 1 amide bonds. The highest BCUT2D eigenvalue weighted by molar-refractivity contribution is 5.79. The summed E-state index contributed by atoms with van der Waals surface area (Å²) in [5.74, 6) is 1.44. The maximum atomic E-state index is 12.1. The molecule has 0 aromatic carbocycles. The van der Waals surface area contributed by atoms with Gasteiger partial charge < -0.3 is 15.5 Å². The lowest BCUT2D eigenvalue weighted by Gasteiger charge is -2.33. The van der Waals surface area contributed by atoms with Crippen molar-refractivity contribution >= 4 is 11.7 Å². The van der Waals surface area contributed by atoms with Crippen LogP contribution in [0.5, 0.6) is 0 Å². The minimum absolute atomic E-state index is 0.170. The van der Waals surface area contributed by atoms with E-state index in [4.69, 9.17) is 0 Å². The van der Waals surface area contributed by atoms with E-state index in [2.05, 4.69) is 20.5 Å². The van der Waals surface area contributed by atoms with Crippen molar-refractivity contribution in [3.05, 3.63) is 24.4 Å². The number of amides is 1. The largest absolute Gasteiger partial charge is 0.356 e. The van der Waals surface area contributed by atoms with Crippen LogP contribution in [0.15, 0.2) is 24.4 Å². The summed E-state index contributed by atoms with van der Waals surface area (Å²) in [6, 6.07) is 6.32. The van der Waals surface area contributed by atoms with E-state index in [1.807, 2.05) is 24.4 Å². The Kier molecular flexibility index (Phi) is 4.16. The number of hydrogen-bond acceptors (Lipinski definition) is 4. The SMILES string of the molecule is O=C(NC1CCN(c2ccccn2)CC1)C1CCNC1. The van der Waals surface area contributed by atoms with Crippen molar-refractivity contribution in [3.63, 3.8) is 0 Å². The molecule has 0 saturated carbocycles. The van der Waals surface area contributed by atoms with Gasteiger partial charge in [0.15, 0.2) is 0 Å². The van der Waals surface area contributed by atoms with Crippen molar-refractivity contribution in [2.45, 2.75) is 25.3 Å². The fourth-order valence-electron chi connectivity index (χ4n) is 2.99. The molecular weight excluding hydrogens is 252 g/mol. The molecule has 5 heteroatoms. The molecule has 3 rings (SSSR count). The summed E-state index contributed by atoms with van der Waals surface area (Å²) in [5, 5.41) is 6.45. The highest BCUT2D eigenvalue weighted by Crippen LogP contribution is 2.18. The van der Waals surface area contributed by atoms with Gasteiger partial charge in [-0.25, -0.2) is 4.98 Å². The number of anilines is 1. The van der Waals surface area contributed by atoms with Crippen LogP contribution in [0.3, 0.4) is 0 Å². The Labute approximate surface area is 119 Å². The molecule has 1 unspecified atom stereocenters. The number of nitrogens with one attached hydrogen (secondary N) is 2. The molecule has 2 saturated heterocycles. The monoisotopic (exact) mass is 274 g/mol. The van der Waals surface area contributed by atoms with Crippen LogP contribution in [-0.2, 0) is 4.79 Å². The minimum atomic E-state index is 0.170. The smallest absolute Gasteiger partial charge is 0.224 e. The number of pyridine rings is 1. The molecule has 1 aromatic rings. The molecule has 2 aliphatic rings. The van der Waals surface area contributed by atoms with Crippen LogP contribution in [0.4, 0.5) is 5.82 Å². The Bertz CT molecular complexity index is 436. The topological polar surface area (TPSA) is 57.3 Å². The number of aromatic nitrogens is 1. The number of nitrogens with zero attached hydrogens (tertiary/aromatic N) is 2. The van der Waals surface area contributed by atoms with Gasteiger partial charge in [-0.15, -0.1) is 0 Å². The van der Waals surface area contributed by atoms with E-state index in [9.17, 15) is 4.79 Å². The second-order valence-electron chi connectivity index (χ2n) is 5.65. The normalized spacial score (nSPS) is 23.8. The highest BCUT2D eigenvalue weighted by Gasteiger charge is 2.26. The fraction of sp³-hybridized carbons (Fsp3) is 0.600. The summed E-state index contributed by atoms with van der Waals surface area (Å²) in [6.07, 6.45) is 4.81. The zero-order valence-electron chi connectivity index (χ0n) is 11.7. The molecule has 3 heterocycles. The number of piperidine rings is 1. The van der Waals surface area contributed by atoms with Gasteiger partial charge in [-0.05, 0) is 37.9 Å². The average Bonchev–Trinajstić information content (AvgIpc) is 3.03. The second kappa shape index (κ2) is 6.22. The van der Waals surface area contributed by atoms with Crippen LogP contribution in [0.1, 0.15) is 19.3 Å². The second-order valence-corrected chi connectivity index (χ2v) is 5.65. The van der Waals surface area contributed by atoms with Crippen molar-refractivity contribution in [1.29, 1.82) is 0 Å². The zero-order valence-corrected chi connectivity index (χ0v) is 11.7. The van der Waals surface area contributed by atoms with Crippen molar-refractivity contribution in [2.75, 3.05) is 31.1 Å². The molecule has 0 radical (unpaired) electrons. The molecule has 2 fully saturated rings. The van der Waals surface area contributed by atoms with Crippen LogP contribution in [0.2, 0.25) is 0 Å². The van der Waals surface area contributed by atoms with Crippen LogP contribution in [-0.4, -0.2) is 43.1 Å². The van der Waals surface area contributed by atoms with Crippen molar-refractivity contribution in [1.82, 2.24) is 15.6 Å². The summed E-state index contributed by atoms with van der Waals surface area (Å²) >= 11 is 0. The van der Waals surface area contributed by atoms with E-state index in [1.165, 1.54) is 0 Å². The fourth-order valence-corrected chi connectivity index (χ4v) is 2.99. The molecular formula is C15H22N4O. The third-order valence-electron chi connectivity index (χ3n) is 4.25. The van der Waals surface area contributed by atoms with Gasteiger partial charge in [-0.2, -0.15) is 0 Å². The number of hydrogen-bond donors (Lipinski definition) is 2. The number of rotatable bonds is 3. The van der Waals surface area contributed by atoms with Gasteiger partial charge in [0.05, 0.1) is 5.92 Å². The van der Waals surface area contributed by atoms with Gasteiger partial charge in [0.1, 0.15) is 5.82 Å². The van der Waals surface area contributed by atoms with Gasteiger partial charge in [-0.3, -0.25) is 4.79 Å². The summed E-state index contributed by atoms with van der Waals surface area (Å²) in [5.41, 5.74) is 0. The van der Waals surface area contributed by atoms with Gasteiger partial charge in [0.2, 0.25) is 5.91 Å². The maximum absolute atomic E-state index is 12.1. The molecule has 0 aliphatic carbocycles. The number of carbonyl (C=O) groups excluding carboxylic acids is 1. The van der Waals surface area contributed by atoms with Crippen LogP contribution < -0.4 is 15.5 Å². The third kappa shape index (κ3) is 3.10. The molecule has 20 heavy (non-hydrogen) atoms. The Morgan fingerprint density at radius 1 is 1.30 bits per heavy atom. The minimum Gasteiger partial charge on any atom is -0.356 e. The molecule has 2 aliphatic heterocycles. The van der Waals surface area contributed by atoms with E-state index in [0.29, 0.717) is 6.04 Å². The molecule has 0 spiro atoms. The first-order valence-corrected chi connectivity index (χ1v) is 7.50. The van der Waals surface area contributed by atoms with Crippen molar-refractivity contribution in [2.24, 2.45) is 5.92 Å². The Hall–Kier alpha value is -1.62. The van der Waals surface area contributed by atoms with E-state index >= 15 is 0 Å². The third-order valence-corrected chi connectivity index (χ3v) is 4.25. The summed E-state index contributed by atoms with van der Waals surface area (Å²) in [4.78, 5) is 18.8. The highest BCUT2D eigenvalue weighted by atomic mass is 16.2. The first-order chi connectivity index (χ1) is 9.83. The Balaban J connectivity index is 1.47. The average molecular weight is 274 g/mol.